The summed E-state index contributed by atoms with van der Waals surface area (Å²) in [4.78, 5) is 29.6. The summed E-state index contributed by atoms with van der Waals surface area (Å²) < 4.78 is 0.764. The van der Waals surface area contributed by atoms with Crippen LogP contribution in [0.2, 0.25) is 5.02 Å². The number of phenolic OH excluding ortho intramolecular Hbond substituents is 1. The third kappa shape index (κ3) is 5.24. The van der Waals surface area contributed by atoms with Crippen molar-refractivity contribution in [3.8, 4) is 5.75 Å². The van der Waals surface area contributed by atoms with Gasteiger partial charge in [-0.15, -0.1) is 0 Å². The Labute approximate surface area is 199 Å². The summed E-state index contributed by atoms with van der Waals surface area (Å²) in [6.45, 7) is 3.72. The largest absolute Gasteiger partial charge is 0.508 e. The molecule has 0 aliphatic heterocycles. The lowest BCUT2D eigenvalue weighted by molar-refractivity contribution is 0.102. The second-order valence-corrected chi connectivity index (χ2v) is 8.94. The van der Waals surface area contributed by atoms with E-state index in [2.05, 4.69) is 20.9 Å². The minimum Gasteiger partial charge on any atom is -0.508 e. The Morgan fingerprint density at radius 3 is 2.55 bits per heavy atom. The molecule has 0 bridgehead atoms. The van der Waals surface area contributed by atoms with E-state index in [4.69, 9.17) is 11.6 Å². The third-order valence-electron chi connectivity index (χ3n) is 5.07. The number of aryl methyl sites for hydroxylation is 1. The number of amides is 3. The molecule has 0 aliphatic carbocycles. The molecule has 9 heteroatoms. The second kappa shape index (κ2) is 9.48. The molecule has 0 saturated heterocycles. The van der Waals surface area contributed by atoms with E-state index in [9.17, 15) is 14.7 Å². The fraction of sp³-hybridized carbons (Fsp3) is 0.125. The predicted octanol–water partition coefficient (Wildman–Crippen LogP) is 6.10. The number of rotatable bonds is 5. The van der Waals surface area contributed by atoms with Crippen LogP contribution in [0.1, 0.15) is 34.5 Å². The van der Waals surface area contributed by atoms with Crippen molar-refractivity contribution in [2.24, 2.45) is 0 Å². The van der Waals surface area contributed by atoms with E-state index in [1.807, 2.05) is 26.0 Å². The highest BCUT2D eigenvalue weighted by Gasteiger charge is 2.15. The number of nitrogens with zero attached hydrogens (tertiary/aromatic N) is 1. The first-order chi connectivity index (χ1) is 15.8. The molecule has 0 aliphatic rings. The topological polar surface area (TPSA) is 103 Å². The van der Waals surface area contributed by atoms with E-state index in [-0.39, 0.29) is 17.7 Å². The molecule has 1 heterocycles. The van der Waals surface area contributed by atoms with Crippen LogP contribution in [-0.2, 0) is 0 Å². The van der Waals surface area contributed by atoms with Gasteiger partial charge in [0.2, 0.25) is 0 Å². The molecular formula is C24H21ClN4O3S. The van der Waals surface area contributed by atoms with Crippen molar-refractivity contribution in [1.82, 2.24) is 10.3 Å². The van der Waals surface area contributed by atoms with E-state index in [0.717, 1.165) is 15.8 Å². The van der Waals surface area contributed by atoms with Gasteiger partial charge in [-0.1, -0.05) is 47.2 Å². The van der Waals surface area contributed by atoms with Gasteiger partial charge in [0, 0.05) is 5.56 Å². The number of hydrogen-bond acceptors (Lipinski definition) is 5. The lowest BCUT2D eigenvalue weighted by Gasteiger charge is -2.14. The number of urea groups is 1. The van der Waals surface area contributed by atoms with E-state index < -0.39 is 6.03 Å². The van der Waals surface area contributed by atoms with E-state index >= 15 is 0 Å². The fourth-order valence-corrected chi connectivity index (χ4v) is 4.44. The van der Waals surface area contributed by atoms with Gasteiger partial charge in [-0.05, 0) is 61.4 Å². The monoisotopic (exact) mass is 480 g/mol. The number of para-hydroxylation sites is 1. The molecule has 3 aromatic carbocycles. The summed E-state index contributed by atoms with van der Waals surface area (Å²) in [6.07, 6.45) is 0. The zero-order valence-corrected chi connectivity index (χ0v) is 19.4. The molecule has 4 rings (SSSR count). The molecule has 0 spiro atoms. The number of carbonyl (C=O) groups excluding carboxylic acids is 2. The van der Waals surface area contributed by atoms with E-state index in [0.29, 0.717) is 26.9 Å². The van der Waals surface area contributed by atoms with Crippen LogP contribution in [0.25, 0.3) is 10.2 Å². The van der Waals surface area contributed by atoms with E-state index in [1.54, 1.807) is 48.5 Å². The summed E-state index contributed by atoms with van der Waals surface area (Å²) >= 11 is 7.48. The molecule has 4 N–H and O–H groups in total. The van der Waals surface area contributed by atoms with Gasteiger partial charge in [-0.2, -0.15) is 0 Å². The lowest BCUT2D eigenvalue weighted by Crippen LogP contribution is -2.31. The SMILES string of the molecule is Cc1cccc(Cl)c1NC(=O)c1ccc2nc(NC(=O)NC(C)c3ccc(O)cc3)sc2c1. The normalized spacial score (nSPS) is 11.7. The molecule has 168 valence electrons. The molecule has 4 aromatic rings. The van der Waals surface area contributed by atoms with Crippen LogP contribution < -0.4 is 16.0 Å². The molecule has 1 aromatic heterocycles. The lowest BCUT2D eigenvalue weighted by atomic mass is 10.1. The number of nitrogens with one attached hydrogen (secondary N) is 3. The van der Waals surface area contributed by atoms with Gasteiger partial charge in [0.1, 0.15) is 5.75 Å². The molecule has 0 saturated carbocycles. The number of thiazole rings is 1. The van der Waals surface area contributed by atoms with Crippen LogP contribution in [0.15, 0.2) is 60.7 Å². The van der Waals surface area contributed by atoms with Gasteiger partial charge in [0.15, 0.2) is 5.13 Å². The zero-order valence-electron chi connectivity index (χ0n) is 17.8. The number of hydrogen-bond donors (Lipinski definition) is 4. The van der Waals surface area contributed by atoms with Gasteiger partial charge < -0.3 is 15.7 Å². The van der Waals surface area contributed by atoms with Crippen LogP contribution in [0, 0.1) is 6.92 Å². The summed E-state index contributed by atoms with van der Waals surface area (Å²) in [5.74, 6) is -0.114. The maximum atomic E-state index is 12.7. The molecule has 0 fully saturated rings. The highest BCUT2D eigenvalue weighted by atomic mass is 35.5. The Kier molecular flexibility index (Phi) is 6.48. The Hall–Kier alpha value is -3.62. The summed E-state index contributed by atoms with van der Waals surface area (Å²) in [6, 6.07) is 16.5. The smallest absolute Gasteiger partial charge is 0.321 e. The average molecular weight is 481 g/mol. The average Bonchev–Trinajstić information content (AvgIpc) is 3.17. The number of halogens is 1. The number of aromatic hydroxyl groups is 1. The number of anilines is 2. The summed E-state index contributed by atoms with van der Waals surface area (Å²) in [7, 11) is 0. The van der Waals surface area contributed by atoms with Crippen molar-refractivity contribution < 1.29 is 14.7 Å². The van der Waals surface area contributed by atoms with Crippen LogP contribution in [0.4, 0.5) is 15.6 Å². The first-order valence-electron chi connectivity index (χ1n) is 10.1. The van der Waals surface area contributed by atoms with Crippen LogP contribution in [-0.4, -0.2) is 22.0 Å². The van der Waals surface area contributed by atoms with Crippen molar-refractivity contribution in [2.75, 3.05) is 10.6 Å². The molecular weight excluding hydrogens is 460 g/mol. The molecule has 0 radical (unpaired) electrons. The Morgan fingerprint density at radius 2 is 1.82 bits per heavy atom. The summed E-state index contributed by atoms with van der Waals surface area (Å²) in [5.41, 5.74) is 3.44. The first-order valence-corrected chi connectivity index (χ1v) is 11.3. The molecule has 7 nitrogen and oxygen atoms in total. The van der Waals surface area contributed by atoms with Crippen LogP contribution in [0.5, 0.6) is 5.75 Å². The minimum atomic E-state index is -0.401. The van der Waals surface area contributed by atoms with Gasteiger partial charge in [-0.3, -0.25) is 10.1 Å². The van der Waals surface area contributed by atoms with Gasteiger partial charge in [-0.25, -0.2) is 9.78 Å². The Balaban J connectivity index is 1.44. The van der Waals surface area contributed by atoms with Gasteiger partial charge >= 0.3 is 6.03 Å². The minimum absolute atomic E-state index is 0.167. The van der Waals surface area contributed by atoms with Crippen molar-refractivity contribution in [1.29, 1.82) is 0 Å². The van der Waals surface area contributed by atoms with Crippen molar-refractivity contribution >= 4 is 55.9 Å². The molecule has 1 atom stereocenters. The standard InChI is InChI=1S/C24H21ClN4O3S/c1-13-4-3-5-18(25)21(13)28-22(31)16-8-11-19-20(12-16)33-24(27-19)29-23(32)26-14(2)15-6-9-17(30)10-7-15/h3-12,14,30H,1-2H3,(H,28,31)(H2,26,27,29,32). The second-order valence-electron chi connectivity index (χ2n) is 7.50. The predicted molar refractivity (Wildman–Crippen MR) is 132 cm³/mol. The van der Waals surface area contributed by atoms with Crippen LogP contribution >= 0.6 is 22.9 Å². The Bertz CT molecular complexity index is 1320. The van der Waals surface area contributed by atoms with Gasteiger partial charge in [0.25, 0.3) is 5.91 Å². The quantitative estimate of drug-likeness (QED) is 0.277. The third-order valence-corrected chi connectivity index (χ3v) is 6.32. The van der Waals surface area contributed by atoms with Crippen molar-refractivity contribution in [3.63, 3.8) is 0 Å². The van der Waals surface area contributed by atoms with Crippen molar-refractivity contribution in [2.45, 2.75) is 19.9 Å². The maximum absolute atomic E-state index is 12.7. The number of aromatic nitrogens is 1. The highest BCUT2D eigenvalue weighted by molar-refractivity contribution is 7.22. The van der Waals surface area contributed by atoms with Crippen LogP contribution in [0.3, 0.4) is 0 Å². The fourth-order valence-electron chi connectivity index (χ4n) is 3.27. The molecule has 3 amide bonds. The Morgan fingerprint density at radius 1 is 1.06 bits per heavy atom. The van der Waals surface area contributed by atoms with Gasteiger partial charge in [0.05, 0.1) is 27.0 Å². The number of fused-ring (bicyclic) bond motifs is 1. The zero-order chi connectivity index (χ0) is 23.5. The molecule has 33 heavy (non-hydrogen) atoms. The number of phenols is 1. The first kappa shape index (κ1) is 22.6. The number of carbonyl (C=O) groups is 2. The maximum Gasteiger partial charge on any atom is 0.321 e. The van der Waals surface area contributed by atoms with Crippen molar-refractivity contribution in [3.05, 3.63) is 82.4 Å². The molecule has 1 unspecified atom stereocenters. The van der Waals surface area contributed by atoms with E-state index in [1.165, 1.54) is 11.3 Å². The summed E-state index contributed by atoms with van der Waals surface area (Å²) in [5, 5.41) is 18.7. The number of benzene rings is 3. The highest BCUT2D eigenvalue weighted by Crippen LogP contribution is 2.29.